The van der Waals surface area contributed by atoms with Crippen molar-refractivity contribution in [3.63, 3.8) is 0 Å². The molecule has 1 fully saturated rings. The average Bonchev–Trinajstić information content (AvgIpc) is 3.02. The second-order valence-electron chi connectivity index (χ2n) is 6.64. The van der Waals surface area contributed by atoms with E-state index in [0.29, 0.717) is 13.0 Å². The summed E-state index contributed by atoms with van der Waals surface area (Å²) < 4.78 is 0. The highest BCUT2D eigenvalue weighted by Crippen LogP contribution is 2.21. The fraction of sp³-hybridized carbons (Fsp3) is 0.333. The fourth-order valence-corrected chi connectivity index (χ4v) is 3.15. The van der Waals surface area contributed by atoms with E-state index in [1.165, 1.54) is 18.4 Å². The van der Waals surface area contributed by atoms with E-state index in [4.69, 9.17) is 0 Å². The molecule has 1 heterocycles. The van der Waals surface area contributed by atoms with E-state index < -0.39 is 0 Å². The molecule has 3 amide bonds. The lowest BCUT2D eigenvalue weighted by Crippen LogP contribution is -2.39. The summed E-state index contributed by atoms with van der Waals surface area (Å²) in [4.78, 5) is 26.1. The van der Waals surface area contributed by atoms with Gasteiger partial charge in [-0.15, -0.1) is 0 Å². The summed E-state index contributed by atoms with van der Waals surface area (Å²) in [5.74, 6) is 0.0294. The molecule has 5 nitrogen and oxygen atoms in total. The third kappa shape index (κ3) is 4.63. The van der Waals surface area contributed by atoms with Gasteiger partial charge in [0.15, 0.2) is 0 Å². The molecule has 0 bridgehead atoms. The van der Waals surface area contributed by atoms with Crippen LogP contribution in [0.15, 0.2) is 54.6 Å². The lowest BCUT2D eigenvalue weighted by molar-refractivity contribution is -0.117. The number of urea groups is 1. The van der Waals surface area contributed by atoms with Crippen molar-refractivity contribution >= 4 is 23.3 Å². The van der Waals surface area contributed by atoms with E-state index in [1.807, 2.05) is 54.6 Å². The lowest BCUT2D eigenvalue weighted by Gasteiger charge is -2.17. The first-order valence-electron chi connectivity index (χ1n) is 9.17. The topological polar surface area (TPSA) is 61.4 Å². The Hall–Kier alpha value is -2.82. The molecule has 1 atom stereocenters. The molecule has 2 aromatic carbocycles. The molecule has 2 aromatic rings. The van der Waals surface area contributed by atoms with E-state index in [1.54, 1.807) is 4.90 Å². The standard InChI is InChI=1S/C21H25N3O2/c1-2-3-7-16-10-12-17(13-11-16)22-21(26)23-18-14-20(25)24(15-18)19-8-5-4-6-9-19/h4-6,8-13,18H,2-3,7,14-15H2,1H3,(H2,22,23,26)/t18-/m0/s1. The van der Waals surface area contributed by atoms with Crippen molar-refractivity contribution in [1.82, 2.24) is 5.32 Å². The van der Waals surface area contributed by atoms with Crippen LogP contribution in [-0.4, -0.2) is 24.5 Å². The number of rotatable bonds is 6. The largest absolute Gasteiger partial charge is 0.333 e. The normalized spacial score (nSPS) is 16.6. The number of carbonyl (C=O) groups excluding carboxylic acids is 2. The molecular weight excluding hydrogens is 326 g/mol. The highest BCUT2D eigenvalue weighted by Gasteiger charge is 2.31. The molecule has 26 heavy (non-hydrogen) atoms. The van der Waals surface area contributed by atoms with E-state index in [-0.39, 0.29) is 18.0 Å². The van der Waals surface area contributed by atoms with Gasteiger partial charge in [0.05, 0.1) is 6.04 Å². The number of anilines is 2. The number of aryl methyl sites for hydroxylation is 1. The van der Waals surface area contributed by atoms with Crippen molar-refractivity contribution < 1.29 is 9.59 Å². The van der Waals surface area contributed by atoms with Crippen molar-refractivity contribution in [2.45, 2.75) is 38.6 Å². The van der Waals surface area contributed by atoms with Crippen LogP contribution in [0.3, 0.4) is 0 Å². The van der Waals surface area contributed by atoms with Crippen LogP contribution < -0.4 is 15.5 Å². The quantitative estimate of drug-likeness (QED) is 0.827. The van der Waals surface area contributed by atoms with Crippen LogP contribution in [0.5, 0.6) is 0 Å². The van der Waals surface area contributed by atoms with E-state index >= 15 is 0 Å². The molecule has 0 radical (unpaired) electrons. The molecule has 0 saturated carbocycles. The van der Waals surface area contributed by atoms with Gasteiger partial charge >= 0.3 is 6.03 Å². The average molecular weight is 351 g/mol. The Morgan fingerprint density at radius 2 is 1.85 bits per heavy atom. The monoisotopic (exact) mass is 351 g/mol. The zero-order valence-electron chi connectivity index (χ0n) is 15.1. The summed E-state index contributed by atoms with van der Waals surface area (Å²) >= 11 is 0. The maximum absolute atomic E-state index is 12.2. The highest BCUT2D eigenvalue weighted by atomic mass is 16.2. The van der Waals surface area contributed by atoms with E-state index in [2.05, 4.69) is 17.6 Å². The number of hydrogen-bond donors (Lipinski definition) is 2. The molecule has 136 valence electrons. The summed E-state index contributed by atoms with van der Waals surface area (Å²) in [6.07, 6.45) is 3.71. The third-order valence-corrected chi connectivity index (χ3v) is 4.56. The van der Waals surface area contributed by atoms with Crippen molar-refractivity contribution in [2.75, 3.05) is 16.8 Å². The second-order valence-corrected chi connectivity index (χ2v) is 6.64. The summed E-state index contributed by atoms with van der Waals surface area (Å²) in [6.45, 7) is 2.67. The first-order valence-corrected chi connectivity index (χ1v) is 9.17. The van der Waals surface area contributed by atoms with Gasteiger partial charge in [0, 0.05) is 24.3 Å². The van der Waals surface area contributed by atoms with Gasteiger partial charge in [-0.1, -0.05) is 43.7 Å². The third-order valence-electron chi connectivity index (χ3n) is 4.56. The molecule has 1 aliphatic rings. The molecule has 0 unspecified atom stereocenters. The van der Waals surface area contributed by atoms with Gasteiger partial charge in [0.25, 0.3) is 0 Å². The first kappa shape index (κ1) is 18.0. The second kappa shape index (κ2) is 8.52. The maximum Gasteiger partial charge on any atom is 0.319 e. The SMILES string of the molecule is CCCCc1ccc(NC(=O)N[C@H]2CC(=O)N(c3ccccc3)C2)cc1. The highest BCUT2D eigenvalue weighted by molar-refractivity contribution is 5.97. The molecule has 0 spiro atoms. The molecule has 1 aliphatic heterocycles. The van der Waals surface area contributed by atoms with Crippen LogP contribution in [0.1, 0.15) is 31.7 Å². The predicted octanol–water partition coefficient (Wildman–Crippen LogP) is 3.96. The van der Waals surface area contributed by atoms with Crippen LogP contribution in [0, 0.1) is 0 Å². The number of carbonyl (C=O) groups is 2. The van der Waals surface area contributed by atoms with Crippen molar-refractivity contribution in [2.24, 2.45) is 0 Å². The molecule has 3 rings (SSSR count). The van der Waals surface area contributed by atoms with Gasteiger partial charge in [-0.2, -0.15) is 0 Å². The Morgan fingerprint density at radius 1 is 1.12 bits per heavy atom. The Bertz CT molecular complexity index is 744. The zero-order valence-corrected chi connectivity index (χ0v) is 15.1. The van der Waals surface area contributed by atoms with Crippen LogP contribution in [0.2, 0.25) is 0 Å². The molecule has 5 heteroatoms. The van der Waals surface area contributed by atoms with Gasteiger partial charge in [0.2, 0.25) is 5.91 Å². The summed E-state index contributed by atoms with van der Waals surface area (Å²) in [5, 5.41) is 5.74. The van der Waals surface area contributed by atoms with Crippen LogP contribution in [-0.2, 0) is 11.2 Å². The molecule has 2 N–H and O–H groups in total. The Morgan fingerprint density at radius 3 is 2.54 bits per heavy atom. The molecule has 0 aromatic heterocycles. The summed E-state index contributed by atoms with van der Waals surface area (Å²) in [7, 11) is 0. The number of para-hydroxylation sites is 1. The van der Waals surface area contributed by atoms with Crippen molar-refractivity contribution in [3.8, 4) is 0 Å². The smallest absolute Gasteiger partial charge is 0.319 e. The van der Waals surface area contributed by atoms with Gasteiger partial charge in [-0.25, -0.2) is 4.79 Å². The number of nitrogens with zero attached hydrogens (tertiary/aromatic N) is 1. The molecular formula is C21H25N3O2. The van der Waals surface area contributed by atoms with E-state index in [0.717, 1.165) is 17.8 Å². The fourth-order valence-electron chi connectivity index (χ4n) is 3.15. The minimum atomic E-state index is -0.279. The minimum Gasteiger partial charge on any atom is -0.333 e. The van der Waals surface area contributed by atoms with Crippen LogP contribution in [0.25, 0.3) is 0 Å². The van der Waals surface area contributed by atoms with Crippen LogP contribution in [0.4, 0.5) is 16.2 Å². The number of amides is 3. The van der Waals surface area contributed by atoms with Gasteiger partial charge in [-0.3, -0.25) is 4.79 Å². The van der Waals surface area contributed by atoms with E-state index in [9.17, 15) is 9.59 Å². The van der Waals surface area contributed by atoms with Crippen LogP contribution >= 0.6 is 0 Å². The summed E-state index contributed by atoms with van der Waals surface area (Å²) in [6, 6.07) is 17.0. The number of unbranched alkanes of at least 4 members (excludes halogenated alkanes) is 1. The van der Waals surface area contributed by atoms with Crippen molar-refractivity contribution in [3.05, 3.63) is 60.2 Å². The molecule has 0 aliphatic carbocycles. The van der Waals surface area contributed by atoms with Gasteiger partial charge in [-0.05, 0) is 42.7 Å². The van der Waals surface area contributed by atoms with Crippen molar-refractivity contribution in [1.29, 1.82) is 0 Å². The lowest BCUT2D eigenvalue weighted by atomic mass is 10.1. The first-order chi connectivity index (χ1) is 12.7. The van der Waals surface area contributed by atoms with Gasteiger partial charge < -0.3 is 15.5 Å². The number of hydrogen-bond acceptors (Lipinski definition) is 2. The molecule has 1 saturated heterocycles. The predicted molar refractivity (Wildman–Crippen MR) is 104 cm³/mol. The Labute approximate surface area is 154 Å². The Balaban J connectivity index is 1.51. The minimum absolute atomic E-state index is 0.0294. The number of nitrogens with one attached hydrogen (secondary N) is 2. The zero-order chi connectivity index (χ0) is 18.4. The number of benzene rings is 2. The van der Waals surface area contributed by atoms with Gasteiger partial charge in [0.1, 0.15) is 0 Å². The maximum atomic E-state index is 12.2. The summed E-state index contributed by atoms with van der Waals surface area (Å²) in [5.41, 5.74) is 2.90. The Kier molecular flexibility index (Phi) is 5.89.